The van der Waals surface area contributed by atoms with Crippen molar-refractivity contribution < 1.29 is 22.8 Å². The Morgan fingerprint density at radius 3 is 2.35 bits per heavy atom. The molecule has 2 amide bonds. The summed E-state index contributed by atoms with van der Waals surface area (Å²) in [6.07, 6.45) is -3.95. The lowest BCUT2D eigenvalue weighted by Gasteiger charge is -2.12. The van der Waals surface area contributed by atoms with Crippen molar-refractivity contribution in [2.75, 3.05) is 11.9 Å². The maximum atomic E-state index is 12.8. The molecule has 0 spiro atoms. The van der Waals surface area contributed by atoms with Crippen LogP contribution in [0, 0.1) is 0 Å². The zero-order valence-corrected chi connectivity index (χ0v) is 12.8. The second kappa shape index (κ2) is 8.52. The molecule has 0 heterocycles. The summed E-state index contributed by atoms with van der Waals surface area (Å²) in [6, 6.07) is 3.21. The van der Waals surface area contributed by atoms with Gasteiger partial charge in [0.25, 0.3) is 0 Å². The predicted octanol–water partition coefficient (Wildman–Crippen LogP) is 2.41. The van der Waals surface area contributed by atoms with Crippen LogP contribution in [0.15, 0.2) is 18.2 Å². The van der Waals surface area contributed by atoms with Gasteiger partial charge in [0.15, 0.2) is 0 Å². The fraction of sp³-hybridized carbons (Fsp3) is 0.467. The average molecular weight is 331 g/mol. The van der Waals surface area contributed by atoms with Crippen molar-refractivity contribution in [2.45, 2.75) is 38.9 Å². The van der Waals surface area contributed by atoms with Crippen LogP contribution >= 0.6 is 0 Å². The predicted molar refractivity (Wildman–Crippen MR) is 80.5 cm³/mol. The van der Waals surface area contributed by atoms with Gasteiger partial charge < -0.3 is 16.4 Å². The van der Waals surface area contributed by atoms with Gasteiger partial charge in [0, 0.05) is 31.6 Å². The normalized spacial score (nSPS) is 11.2. The van der Waals surface area contributed by atoms with Crippen LogP contribution < -0.4 is 16.4 Å². The van der Waals surface area contributed by atoms with Gasteiger partial charge in [-0.1, -0.05) is 0 Å². The minimum atomic E-state index is -4.51. The number of hydrogen-bond donors (Lipinski definition) is 3. The number of hydrogen-bond acceptors (Lipinski definition) is 3. The Bertz CT molecular complexity index is 559. The van der Waals surface area contributed by atoms with E-state index in [4.69, 9.17) is 5.73 Å². The van der Waals surface area contributed by atoms with Crippen LogP contribution in [-0.2, 0) is 22.3 Å². The van der Waals surface area contributed by atoms with E-state index in [1.807, 2.05) is 0 Å². The molecule has 0 aliphatic heterocycles. The molecule has 0 unspecified atom stereocenters. The number of benzene rings is 1. The Morgan fingerprint density at radius 2 is 1.78 bits per heavy atom. The molecule has 128 valence electrons. The fourth-order valence-corrected chi connectivity index (χ4v) is 1.96. The third-order valence-corrected chi connectivity index (χ3v) is 3.02. The van der Waals surface area contributed by atoms with Crippen LogP contribution in [-0.4, -0.2) is 18.4 Å². The maximum absolute atomic E-state index is 12.8. The topological polar surface area (TPSA) is 84.2 Å². The molecule has 4 N–H and O–H groups in total. The van der Waals surface area contributed by atoms with Crippen molar-refractivity contribution in [3.63, 3.8) is 0 Å². The third kappa shape index (κ3) is 6.68. The fourth-order valence-electron chi connectivity index (χ4n) is 1.96. The number of anilines is 1. The number of carbonyl (C=O) groups is 2. The van der Waals surface area contributed by atoms with Crippen molar-refractivity contribution in [1.82, 2.24) is 5.32 Å². The summed E-state index contributed by atoms with van der Waals surface area (Å²) in [7, 11) is 0. The first-order valence-corrected chi connectivity index (χ1v) is 7.24. The van der Waals surface area contributed by atoms with Crippen molar-refractivity contribution in [3.8, 4) is 0 Å². The first-order chi connectivity index (χ1) is 10.8. The Morgan fingerprint density at radius 1 is 1.13 bits per heavy atom. The summed E-state index contributed by atoms with van der Waals surface area (Å²) in [5, 5.41) is 5.01. The second-order valence-corrected chi connectivity index (χ2v) is 4.98. The number of nitrogens with two attached hydrogens (primary N) is 1. The van der Waals surface area contributed by atoms with Gasteiger partial charge in [-0.05, 0) is 37.1 Å². The summed E-state index contributed by atoms with van der Waals surface area (Å²) in [5.41, 5.74) is 4.84. The molecule has 0 bridgehead atoms. The number of alkyl halides is 3. The lowest BCUT2D eigenvalue weighted by Crippen LogP contribution is -2.22. The molecular weight excluding hydrogens is 311 g/mol. The Kier molecular flexibility index (Phi) is 7.02. The average Bonchev–Trinajstić information content (AvgIpc) is 2.46. The summed E-state index contributed by atoms with van der Waals surface area (Å²) >= 11 is 0. The second-order valence-electron chi connectivity index (χ2n) is 4.98. The highest BCUT2D eigenvalue weighted by atomic mass is 19.4. The van der Waals surface area contributed by atoms with Gasteiger partial charge in [0.2, 0.25) is 11.8 Å². The van der Waals surface area contributed by atoms with E-state index in [0.717, 1.165) is 12.1 Å². The van der Waals surface area contributed by atoms with Crippen LogP contribution in [0.2, 0.25) is 0 Å². The molecule has 1 aromatic carbocycles. The van der Waals surface area contributed by atoms with Gasteiger partial charge in [-0.15, -0.1) is 0 Å². The summed E-state index contributed by atoms with van der Waals surface area (Å²) in [4.78, 5) is 23.0. The van der Waals surface area contributed by atoms with Crippen molar-refractivity contribution in [2.24, 2.45) is 5.73 Å². The monoisotopic (exact) mass is 331 g/mol. The highest BCUT2D eigenvalue weighted by molar-refractivity contribution is 5.91. The highest BCUT2D eigenvalue weighted by Gasteiger charge is 2.31. The van der Waals surface area contributed by atoms with Crippen molar-refractivity contribution >= 4 is 17.5 Å². The zero-order valence-electron chi connectivity index (χ0n) is 12.8. The molecule has 0 aromatic heterocycles. The van der Waals surface area contributed by atoms with Gasteiger partial charge in [0.1, 0.15) is 0 Å². The Labute approximate surface area is 132 Å². The van der Waals surface area contributed by atoms with Crippen LogP contribution in [0.1, 0.15) is 37.3 Å². The van der Waals surface area contributed by atoms with E-state index in [-0.39, 0.29) is 36.5 Å². The molecule has 8 heteroatoms. The first-order valence-electron chi connectivity index (χ1n) is 7.24. The van der Waals surface area contributed by atoms with Gasteiger partial charge in [-0.2, -0.15) is 13.2 Å². The van der Waals surface area contributed by atoms with E-state index >= 15 is 0 Å². The number of amides is 2. The summed E-state index contributed by atoms with van der Waals surface area (Å²) in [5.74, 6) is -0.610. The summed E-state index contributed by atoms with van der Waals surface area (Å²) in [6.45, 7) is 2.23. The molecule has 23 heavy (non-hydrogen) atoms. The smallest absolute Gasteiger partial charge is 0.356 e. The molecule has 0 saturated carbocycles. The largest absolute Gasteiger partial charge is 0.416 e. The molecule has 1 aromatic rings. The molecular formula is C15H20F3N3O2. The molecule has 0 aliphatic carbocycles. The van der Waals surface area contributed by atoms with Gasteiger partial charge in [0.05, 0.1) is 5.56 Å². The molecule has 0 atom stereocenters. The van der Waals surface area contributed by atoms with E-state index in [2.05, 4.69) is 10.6 Å². The van der Waals surface area contributed by atoms with Crippen molar-refractivity contribution in [3.05, 3.63) is 29.3 Å². The number of nitrogens with one attached hydrogen (secondary N) is 2. The first kappa shape index (κ1) is 19.0. The zero-order chi connectivity index (χ0) is 17.5. The Hall–Kier alpha value is -2.09. The quantitative estimate of drug-likeness (QED) is 0.717. The maximum Gasteiger partial charge on any atom is 0.416 e. The molecule has 0 aliphatic rings. The SMILES string of the molecule is CCNC(=O)CCCC(=O)Nc1cc(CN)cc(C(F)(F)F)c1. The lowest BCUT2D eigenvalue weighted by atomic mass is 10.1. The minimum Gasteiger partial charge on any atom is -0.356 e. The molecule has 0 fully saturated rings. The van der Waals surface area contributed by atoms with Crippen LogP contribution in [0.4, 0.5) is 18.9 Å². The van der Waals surface area contributed by atoms with Gasteiger partial charge in [-0.25, -0.2) is 0 Å². The van der Waals surface area contributed by atoms with E-state index in [9.17, 15) is 22.8 Å². The van der Waals surface area contributed by atoms with E-state index in [0.29, 0.717) is 13.0 Å². The number of rotatable bonds is 7. The van der Waals surface area contributed by atoms with Crippen molar-refractivity contribution in [1.29, 1.82) is 0 Å². The van der Waals surface area contributed by atoms with Gasteiger partial charge >= 0.3 is 6.18 Å². The number of halogens is 3. The third-order valence-electron chi connectivity index (χ3n) is 3.02. The van der Waals surface area contributed by atoms with E-state index in [1.54, 1.807) is 6.92 Å². The van der Waals surface area contributed by atoms with Crippen LogP contribution in [0.25, 0.3) is 0 Å². The van der Waals surface area contributed by atoms with Crippen LogP contribution in [0.5, 0.6) is 0 Å². The van der Waals surface area contributed by atoms with E-state index in [1.165, 1.54) is 6.07 Å². The molecule has 0 radical (unpaired) electrons. The highest BCUT2D eigenvalue weighted by Crippen LogP contribution is 2.32. The Balaban J connectivity index is 2.65. The molecule has 1 rings (SSSR count). The number of carbonyl (C=O) groups excluding carboxylic acids is 2. The standard InChI is InChI=1S/C15H20F3N3O2/c1-2-20-13(22)4-3-5-14(23)21-12-7-10(9-19)6-11(8-12)15(16,17)18/h6-8H,2-5,9,19H2,1H3,(H,20,22)(H,21,23). The van der Waals surface area contributed by atoms with Crippen LogP contribution in [0.3, 0.4) is 0 Å². The lowest BCUT2D eigenvalue weighted by molar-refractivity contribution is -0.137. The van der Waals surface area contributed by atoms with E-state index < -0.39 is 17.6 Å². The minimum absolute atomic E-state index is 0.0447. The molecule has 0 saturated heterocycles. The summed E-state index contributed by atoms with van der Waals surface area (Å²) < 4.78 is 38.4. The van der Waals surface area contributed by atoms with Gasteiger partial charge in [-0.3, -0.25) is 9.59 Å². The molecule has 5 nitrogen and oxygen atoms in total.